The van der Waals surface area contributed by atoms with Gasteiger partial charge in [-0.2, -0.15) is 0 Å². The van der Waals surface area contributed by atoms with E-state index in [0.717, 1.165) is 32.5 Å². The van der Waals surface area contributed by atoms with Gasteiger partial charge in [-0.25, -0.2) is 0 Å². The number of hydrogen-bond donors (Lipinski definition) is 3. The number of alkyl halides is 1. The summed E-state index contributed by atoms with van der Waals surface area (Å²) in [7, 11) is 0. The van der Waals surface area contributed by atoms with E-state index in [4.69, 9.17) is 36.0 Å². The smallest absolute Gasteiger partial charge is 0.104 e. The van der Waals surface area contributed by atoms with E-state index in [2.05, 4.69) is 0 Å². The fourth-order valence-electron chi connectivity index (χ4n) is 1.45. The highest BCUT2D eigenvalue weighted by atomic mass is 35.5. The molecule has 0 aromatic carbocycles. The average Bonchev–Trinajstić information content (AvgIpc) is 3.32. The number of halogens is 1. The molecule has 0 spiro atoms. The van der Waals surface area contributed by atoms with Crippen molar-refractivity contribution >= 4 is 11.6 Å². The van der Waals surface area contributed by atoms with Crippen molar-refractivity contribution in [2.45, 2.75) is 43.7 Å². The fraction of sp³-hybridized carbons (Fsp3) is 1.00. The molecule has 0 aliphatic carbocycles. The second-order valence-electron chi connectivity index (χ2n) is 5.02. The number of aliphatic hydroxyl groups excluding tert-OH is 3. The first kappa shape index (κ1) is 18.1. The molecular formula is C13H25ClO6. The average molecular weight is 313 g/mol. The highest BCUT2D eigenvalue weighted by Crippen LogP contribution is 2.17. The van der Waals surface area contributed by atoms with Crippen LogP contribution in [0.15, 0.2) is 0 Å². The zero-order valence-electron chi connectivity index (χ0n) is 11.6. The first-order valence-corrected chi connectivity index (χ1v) is 7.53. The molecule has 120 valence electrons. The van der Waals surface area contributed by atoms with E-state index in [1.54, 1.807) is 0 Å². The van der Waals surface area contributed by atoms with Crippen molar-refractivity contribution < 1.29 is 29.5 Å². The molecule has 7 heteroatoms. The fourth-order valence-corrected chi connectivity index (χ4v) is 1.55. The predicted molar refractivity (Wildman–Crippen MR) is 74.0 cm³/mol. The summed E-state index contributed by atoms with van der Waals surface area (Å²) in [4.78, 5) is 0. The Morgan fingerprint density at radius 2 is 1.80 bits per heavy atom. The molecule has 4 atom stereocenters. The molecule has 0 bridgehead atoms. The van der Waals surface area contributed by atoms with Gasteiger partial charge in [-0.1, -0.05) is 0 Å². The summed E-state index contributed by atoms with van der Waals surface area (Å²) in [5.41, 5.74) is 0. The lowest BCUT2D eigenvalue weighted by molar-refractivity contribution is 0.0252. The first-order valence-electron chi connectivity index (χ1n) is 6.99. The lowest BCUT2D eigenvalue weighted by atomic mass is 10.1. The van der Waals surface area contributed by atoms with Gasteiger partial charge in [0, 0.05) is 0 Å². The highest BCUT2D eigenvalue weighted by molar-refractivity contribution is 6.18. The van der Waals surface area contributed by atoms with Crippen LogP contribution in [0, 0.1) is 0 Å². The van der Waals surface area contributed by atoms with Crippen LogP contribution in [0.25, 0.3) is 0 Å². The molecule has 0 amide bonds. The van der Waals surface area contributed by atoms with Crippen LogP contribution in [-0.4, -0.2) is 78.6 Å². The highest BCUT2D eigenvalue weighted by Gasteiger charge is 2.23. The molecule has 2 fully saturated rings. The molecular weight excluding hydrogens is 288 g/mol. The van der Waals surface area contributed by atoms with Gasteiger partial charge in [0.05, 0.1) is 57.2 Å². The molecule has 2 saturated heterocycles. The van der Waals surface area contributed by atoms with Crippen LogP contribution < -0.4 is 0 Å². The van der Waals surface area contributed by atoms with Gasteiger partial charge in [-0.15, -0.1) is 11.6 Å². The molecule has 2 aliphatic rings. The summed E-state index contributed by atoms with van der Waals surface area (Å²) >= 11 is 5.04. The van der Waals surface area contributed by atoms with E-state index in [0.29, 0.717) is 25.4 Å². The van der Waals surface area contributed by atoms with E-state index in [1.807, 2.05) is 0 Å². The monoisotopic (exact) mass is 312 g/mol. The van der Waals surface area contributed by atoms with Gasteiger partial charge < -0.3 is 29.5 Å². The van der Waals surface area contributed by atoms with Crippen molar-refractivity contribution in [1.82, 2.24) is 0 Å². The van der Waals surface area contributed by atoms with E-state index in [1.165, 1.54) is 0 Å². The molecule has 0 aromatic rings. The van der Waals surface area contributed by atoms with E-state index in [9.17, 15) is 5.11 Å². The molecule has 3 N–H and O–H groups in total. The third kappa shape index (κ3) is 10.8. The number of hydrogen-bond acceptors (Lipinski definition) is 6. The third-order valence-electron chi connectivity index (χ3n) is 2.87. The number of epoxide rings is 2. The predicted octanol–water partition coefficient (Wildman–Crippen LogP) is -0.0898. The standard InChI is InChI=1S/C10H18O4.C3H7ClO2/c11-8(2-1-3-9-6-13-9)4-12-5-10-7-14-10;4-1-3(6)2-5/h8-11H,1-7H2;3,5-6H,1-2H2. The maximum absolute atomic E-state index is 9.51. The van der Waals surface area contributed by atoms with Crippen LogP contribution in [0.3, 0.4) is 0 Å². The Kier molecular flexibility index (Phi) is 9.71. The Labute approximate surface area is 124 Å². The van der Waals surface area contributed by atoms with Gasteiger partial charge in [0.2, 0.25) is 0 Å². The third-order valence-corrected chi connectivity index (χ3v) is 3.23. The topological polar surface area (TPSA) is 95.0 Å². The Morgan fingerprint density at radius 3 is 2.25 bits per heavy atom. The van der Waals surface area contributed by atoms with Crippen molar-refractivity contribution in [2.24, 2.45) is 0 Å². The first-order chi connectivity index (χ1) is 9.65. The number of ether oxygens (including phenoxy) is 3. The Bertz CT molecular complexity index is 213. The summed E-state index contributed by atoms with van der Waals surface area (Å²) in [5.74, 6) is 0.108. The Balaban J connectivity index is 0.000000286. The van der Waals surface area contributed by atoms with Crippen molar-refractivity contribution in [3.63, 3.8) is 0 Å². The normalized spacial score (nSPS) is 26.4. The summed E-state index contributed by atoms with van der Waals surface area (Å²) < 4.78 is 15.4. The minimum absolute atomic E-state index is 0.108. The molecule has 4 unspecified atom stereocenters. The van der Waals surface area contributed by atoms with Gasteiger partial charge in [0.1, 0.15) is 6.10 Å². The molecule has 2 heterocycles. The number of rotatable bonds is 10. The minimum atomic E-state index is -0.744. The quantitative estimate of drug-likeness (QED) is 0.385. The SMILES string of the molecule is OC(CCCC1CO1)COCC1CO1.OCC(O)CCl. The molecule has 2 rings (SSSR count). The van der Waals surface area contributed by atoms with Crippen LogP contribution in [0.2, 0.25) is 0 Å². The van der Waals surface area contributed by atoms with Gasteiger partial charge in [0.25, 0.3) is 0 Å². The van der Waals surface area contributed by atoms with Crippen molar-refractivity contribution in [1.29, 1.82) is 0 Å². The minimum Gasteiger partial charge on any atom is -0.394 e. The van der Waals surface area contributed by atoms with Crippen molar-refractivity contribution in [3.8, 4) is 0 Å². The van der Waals surface area contributed by atoms with Gasteiger partial charge in [0.15, 0.2) is 0 Å². The van der Waals surface area contributed by atoms with Crippen molar-refractivity contribution in [3.05, 3.63) is 0 Å². The Hall–Kier alpha value is 0.0500. The molecule has 20 heavy (non-hydrogen) atoms. The van der Waals surface area contributed by atoms with Crippen LogP contribution >= 0.6 is 11.6 Å². The van der Waals surface area contributed by atoms with Crippen LogP contribution in [0.1, 0.15) is 19.3 Å². The molecule has 0 radical (unpaired) electrons. The largest absolute Gasteiger partial charge is 0.394 e. The maximum atomic E-state index is 9.51. The maximum Gasteiger partial charge on any atom is 0.104 e. The molecule has 2 aliphatic heterocycles. The summed E-state index contributed by atoms with van der Waals surface area (Å²) in [6.45, 7) is 2.54. The van der Waals surface area contributed by atoms with Crippen LogP contribution in [-0.2, 0) is 14.2 Å². The van der Waals surface area contributed by atoms with E-state index < -0.39 is 6.10 Å². The number of aliphatic hydroxyl groups is 3. The van der Waals surface area contributed by atoms with Crippen LogP contribution in [0.4, 0.5) is 0 Å². The zero-order chi connectivity index (χ0) is 14.8. The van der Waals surface area contributed by atoms with Gasteiger partial charge in [-0.3, -0.25) is 0 Å². The summed E-state index contributed by atoms with van der Waals surface area (Å²) in [6, 6.07) is 0. The molecule has 0 aromatic heterocycles. The molecule has 6 nitrogen and oxygen atoms in total. The summed E-state index contributed by atoms with van der Waals surface area (Å²) in [5, 5.41) is 25.8. The van der Waals surface area contributed by atoms with Gasteiger partial charge in [-0.05, 0) is 19.3 Å². The van der Waals surface area contributed by atoms with E-state index in [-0.39, 0.29) is 18.6 Å². The van der Waals surface area contributed by atoms with E-state index >= 15 is 0 Å². The summed E-state index contributed by atoms with van der Waals surface area (Å²) in [6.07, 6.45) is 2.60. The van der Waals surface area contributed by atoms with Crippen molar-refractivity contribution in [2.75, 3.05) is 38.9 Å². The second kappa shape index (κ2) is 10.7. The molecule has 0 saturated carbocycles. The van der Waals surface area contributed by atoms with Gasteiger partial charge >= 0.3 is 0 Å². The Morgan fingerprint density at radius 1 is 1.15 bits per heavy atom. The lowest BCUT2D eigenvalue weighted by Gasteiger charge is -2.09. The second-order valence-corrected chi connectivity index (χ2v) is 5.33. The lowest BCUT2D eigenvalue weighted by Crippen LogP contribution is -2.17. The van der Waals surface area contributed by atoms with Crippen LogP contribution in [0.5, 0.6) is 0 Å². The zero-order valence-corrected chi connectivity index (χ0v) is 12.4.